The van der Waals surface area contributed by atoms with E-state index >= 15 is 0 Å². The number of carbonyl (C=O) groups is 1. The highest BCUT2D eigenvalue weighted by molar-refractivity contribution is 6.30. The van der Waals surface area contributed by atoms with Gasteiger partial charge in [0.25, 0.3) is 5.91 Å². The molecule has 0 radical (unpaired) electrons. The molecule has 0 fully saturated rings. The van der Waals surface area contributed by atoms with Crippen LogP contribution in [0.5, 0.6) is 0 Å². The third-order valence-corrected chi connectivity index (χ3v) is 4.03. The zero-order chi connectivity index (χ0) is 18.7. The van der Waals surface area contributed by atoms with Crippen molar-refractivity contribution in [3.8, 4) is 0 Å². The topological polar surface area (TPSA) is 66.9 Å². The number of rotatable bonds is 4. The van der Waals surface area contributed by atoms with Crippen LogP contribution in [0.2, 0.25) is 5.02 Å². The lowest BCUT2D eigenvalue weighted by atomic mass is 10.1. The molecule has 1 aromatic heterocycles. The molecule has 0 saturated heterocycles. The number of carbonyl (C=O) groups excluding carboxylic acids is 1. The van der Waals surface area contributed by atoms with Gasteiger partial charge in [-0.25, -0.2) is 9.97 Å². The van der Waals surface area contributed by atoms with Crippen LogP contribution in [0.3, 0.4) is 0 Å². The number of nitrogens with zero attached hydrogens (tertiary/aromatic N) is 2. The number of aromatic nitrogens is 2. The molecule has 0 unspecified atom stereocenters. The van der Waals surface area contributed by atoms with Gasteiger partial charge in [-0.2, -0.15) is 0 Å². The third kappa shape index (κ3) is 4.37. The van der Waals surface area contributed by atoms with Crippen LogP contribution in [-0.4, -0.2) is 15.9 Å². The van der Waals surface area contributed by atoms with E-state index in [9.17, 15) is 4.79 Å². The standard InChI is InChI=1S/C20H19ClN4O/c1-12-7-8-17(13(2)9-12)25-20(26)18-11-19(23-14(3)22-18)24-16-6-4-5-15(21)10-16/h4-11H,1-3H3,(H,25,26)(H,22,23,24). The summed E-state index contributed by atoms with van der Waals surface area (Å²) in [6, 6.07) is 14.8. The second-order valence-electron chi connectivity index (χ2n) is 6.09. The van der Waals surface area contributed by atoms with Gasteiger partial charge in [0.2, 0.25) is 0 Å². The maximum absolute atomic E-state index is 12.6. The molecule has 0 aliphatic heterocycles. The van der Waals surface area contributed by atoms with Crippen LogP contribution in [0.4, 0.5) is 17.2 Å². The molecule has 0 aliphatic rings. The molecule has 0 saturated carbocycles. The van der Waals surface area contributed by atoms with Crippen LogP contribution >= 0.6 is 11.6 Å². The summed E-state index contributed by atoms with van der Waals surface area (Å²) in [6.45, 7) is 5.72. The smallest absolute Gasteiger partial charge is 0.274 e. The lowest BCUT2D eigenvalue weighted by Gasteiger charge is -2.11. The number of nitrogens with one attached hydrogen (secondary N) is 2. The van der Waals surface area contributed by atoms with E-state index in [0.717, 1.165) is 22.5 Å². The maximum Gasteiger partial charge on any atom is 0.274 e. The normalized spacial score (nSPS) is 10.5. The first kappa shape index (κ1) is 17.9. The molecule has 2 N–H and O–H groups in total. The molecule has 0 spiro atoms. The van der Waals surface area contributed by atoms with E-state index in [4.69, 9.17) is 11.6 Å². The second-order valence-corrected chi connectivity index (χ2v) is 6.53. The molecular formula is C20H19ClN4O. The molecule has 3 aromatic rings. The van der Waals surface area contributed by atoms with Gasteiger partial charge in [0, 0.05) is 22.5 Å². The van der Waals surface area contributed by atoms with E-state index in [1.54, 1.807) is 25.1 Å². The summed E-state index contributed by atoms with van der Waals surface area (Å²) >= 11 is 6.00. The quantitative estimate of drug-likeness (QED) is 0.678. The van der Waals surface area contributed by atoms with Crippen molar-refractivity contribution in [2.75, 3.05) is 10.6 Å². The first-order valence-corrected chi connectivity index (χ1v) is 8.55. The molecule has 0 bridgehead atoms. The van der Waals surface area contributed by atoms with Crippen LogP contribution < -0.4 is 10.6 Å². The van der Waals surface area contributed by atoms with Gasteiger partial charge in [-0.1, -0.05) is 35.4 Å². The van der Waals surface area contributed by atoms with E-state index in [1.165, 1.54) is 0 Å². The van der Waals surface area contributed by atoms with Crippen molar-refractivity contribution < 1.29 is 4.79 Å². The van der Waals surface area contributed by atoms with Gasteiger partial charge >= 0.3 is 0 Å². The molecular weight excluding hydrogens is 348 g/mol. The second kappa shape index (κ2) is 7.54. The van der Waals surface area contributed by atoms with Gasteiger partial charge in [-0.3, -0.25) is 4.79 Å². The SMILES string of the molecule is Cc1ccc(NC(=O)c2cc(Nc3cccc(Cl)c3)nc(C)n2)c(C)c1. The van der Waals surface area contributed by atoms with Gasteiger partial charge in [-0.15, -0.1) is 0 Å². The Morgan fingerprint density at radius 2 is 1.81 bits per heavy atom. The lowest BCUT2D eigenvalue weighted by molar-refractivity contribution is 0.102. The average molecular weight is 367 g/mol. The Hall–Kier alpha value is -2.92. The number of amides is 1. The summed E-state index contributed by atoms with van der Waals surface area (Å²) in [5, 5.41) is 6.67. The van der Waals surface area contributed by atoms with Crippen LogP contribution in [0.15, 0.2) is 48.5 Å². The van der Waals surface area contributed by atoms with Crippen molar-refractivity contribution in [1.29, 1.82) is 0 Å². The van der Waals surface area contributed by atoms with E-state index < -0.39 is 0 Å². The molecule has 2 aromatic carbocycles. The van der Waals surface area contributed by atoms with Crippen molar-refractivity contribution in [3.05, 3.63) is 76.2 Å². The van der Waals surface area contributed by atoms with Gasteiger partial charge in [-0.05, 0) is 50.6 Å². The van der Waals surface area contributed by atoms with E-state index in [-0.39, 0.29) is 5.91 Å². The van der Waals surface area contributed by atoms with Crippen LogP contribution in [0.1, 0.15) is 27.4 Å². The van der Waals surface area contributed by atoms with Crippen molar-refractivity contribution >= 4 is 34.7 Å². The predicted molar refractivity (Wildman–Crippen MR) is 105 cm³/mol. The molecule has 1 heterocycles. The number of aryl methyl sites for hydroxylation is 3. The summed E-state index contributed by atoms with van der Waals surface area (Å²) in [4.78, 5) is 21.2. The first-order valence-electron chi connectivity index (χ1n) is 8.17. The number of anilines is 3. The largest absolute Gasteiger partial charge is 0.340 e. The monoisotopic (exact) mass is 366 g/mol. The summed E-state index contributed by atoms with van der Waals surface area (Å²) in [5.41, 5.74) is 3.99. The number of halogens is 1. The Balaban J connectivity index is 1.83. The van der Waals surface area contributed by atoms with Crippen molar-refractivity contribution in [3.63, 3.8) is 0 Å². The molecule has 0 aliphatic carbocycles. The minimum atomic E-state index is -0.281. The molecule has 5 nitrogen and oxygen atoms in total. The van der Waals surface area contributed by atoms with Gasteiger partial charge < -0.3 is 10.6 Å². The highest BCUT2D eigenvalue weighted by Crippen LogP contribution is 2.21. The fourth-order valence-electron chi connectivity index (χ4n) is 2.60. The van der Waals surface area contributed by atoms with Gasteiger partial charge in [0.05, 0.1) is 0 Å². The molecule has 0 atom stereocenters. The summed E-state index contributed by atoms with van der Waals surface area (Å²) in [6.07, 6.45) is 0. The fraction of sp³-hybridized carbons (Fsp3) is 0.150. The summed E-state index contributed by atoms with van der Waals surface area (Å²) < 4.78 is 0. The molecule has 1 amide bonds. The molecule has 6 heteroatoms. The Morgan fingerprint density at radius 1 is 1.00 bits per heavy atom. The minimum Gasteiger partial charge on any atom is -0.340 e. The van der Waals surface area contributed by atoms with Gasteiger partial charge in [0.1, 0.15) is 17.3 Å². The average Bonchev–Trinajstić information content (AvgIpc) is 2.57. The Labute approximate surface area is 157 Å². The van der Waals surface area contributed by atoms with E-state index in [1.807, 2.05) is 44.2 Å². The van der Waals surface area contributed by atoms with Crippen molar-refractivity contribution in [2.45, 2.75) is 20.8 Å². The maximum atomic E-state index is 12.6. The highest BCUT2D eigenvalue weighted by Gasteiger charge is 2.12. The minimum absolute atomic E-state index is 0.281. The zero-order valence-electron chi connectivity index (χ0n) is 14.8. The number of hydrogen-bond donors (Lipinski definition) is 2. The fourth-order valence-corrected chi connectivity index (χ4v) is 2.79. The Kier molecular flexibility index (Phi) is 5.19. The van der Waals surface area contributed by atoms with E-state index in [0.29, 0.717) is 22.4 Å². The van der Waals surface area contributed by atoms with Crippen molar-refractivity contribution in [2.24, 2.45) is 0 Å². The summed E-state index contributed by atoms with van der Waals surface area (Å²) in [7, 11) is 0. The van der Waals surface area contributed by atoms with Gasteiger partial charge in [0.15, 0.2) is 0 Å². The summed E-state index contributed by atoms with van der Waals surface area (Å²) in [5.74, 6) is 0.755. The third-order valence-electron chi connectivity index (χ3n) is 3.80. The van der Waals surface area contributed by atoms with Crippen LogP contribution in [0, 0.1) is 20.8 Å². The first-order chi connectivity index (χ1) is 12.4. The Bertz CT molecular complexity index is 972. The predicted octanol–water partition coefficient (Wildman–Crippen LogP) is 5.05. The molecule has 26 heavy (non-hydrogen) atoms. The molecule has 3 rings (SSSR count). The van der Waals surface area contributed by atoms with Crippen molar-refractivity contribution in [1.82, 2.24) is 9.97 Å². The molecule has 132 valence electrons. The highest BCUT2D eigenvalue weighted by atomic mass is 35.5. The zero-order valence-corrected chi connectivity index (χ0v) is 15.6. The van der Waals surface area contributed by atoms with Crippen LogP contribution in [0.25, 0.3) is 0 Å². The number of benzene rings is 2. The number of hydrogen-bond acceptors (Lipinski definition) is 4. The van der Waals surface area contributed by atoms with E-state index in [2.05, 4.69) is 20.6 Å². The Morgan fingerprint density at radius 3 is 2.54 bits per heavy atom. The lowest BCUT2D eigenvalue weighted by Crippen LogP contribution is -2.16. The van der Waals surface area contributed by atoms with Crippen LogP contribution in [-0.2, 0) is 0 Å².